The molecule has 2 fully saturated rings. The summed E-state index contributed by atoms with van der Waals surface area (Å²) in [5.41, 5.74) is 1.13. The van der Waals surface area contributed by atoms with Crippen molar-refractivity contribution < 1.29 is 9.84 Å². The molecular weight excluding hydrogens is 266 g/mol. The summed E-state index contributed by atoms with van der Waals surface area (Å²) in [5, 5.41) is 12.5. The van der Waals surface area contributed by atoms with Gasteiger partial charge in [-0.3, -0.25) is 4.98 Å². The molecule has 0 radical (unpaired) electrons. The molecule has 3 rings (SSSR count). The third kappa shape index (κ3) is 3.86. The van der Waals surface area contributed by atoms with Gasteiger partial charge in [0.2, 0.25) is 0 Å². The Kier molecular flexibility index (Phi) is 4.93. The fourth-order valence-corrected chi connectivity index (χ4v) is 3.24. The summed E-state index contributed by atoms with van der Waals surface area (Å²) >= 11 is 0. The molecule has 0 aliphatic carbocycles. The van der Waals surface area contributed by atoms with Gasteiger partial charge in [0.15, 0.2) is 0 Å². The van der Waals surface area contributed by atoms with Crippen LogP contribution in [-0.4, -0.2) is 49.0 Å². The number of aromatic nitrogens is 1. The monoisotopic (exact) mass is 291 g/mol. The maximum absolute atomic E-state index is 9.04. The van der Waals surface area contributed by atoms with Crippen LogP contribution in [0.5, 0.6) is 5.75 Å². The van der Waals surface area contributed by atoms with E-state index >= 15 is 0 Å². The lowest BCUT2D eigenvalue weighted by Crippen LogP contribution is -2.28. The van der Waals surface area contributed by atoms with E-state index in [1.54, 1.807) is 6.20 Å². The number of rotatable bonds is 6. The molecule has 2 aliphatic rings. The van der Waals surface area contributed by atoms with E-state index in [9.17, 15) is 0 Å². The van der Waals surface area contributed by atoms with Crippen molar-refractivity contribution in [3.63, 3.8) is 0 Å². The first-order valence-electron chi connectivity index (χ1n) is 8.02. The van der Waals surface area contributed by atoms with Crippen LogP contribution in [0.15, 0.2) is 18.5 Å². The van der Waals surface area contributed by atoms with Crippen LogP contribution in [-0.2, 0) is 0 Å². The standard InChI is InChI=1S/C16H25N3O2/c20-7-4-13-3-6-19(11-13)15-8-16(10-17-9-15)21-12-14-2-1-5-18-14/h8-10,13-14,18,20H,1-7,11-12H2/t13-,14-/m0/s1. The Hall–Kier alpha value is -1.33. The number of aliphatic hydroxyl groups excluding tert-OH is 1. The Labute approximate surface area is 126 Å². The van der Waals surface area contributed by atoms with Gasteiger partial charge in [-0.1, -0.05) is 0 Å². The van der Waals surface area contributed by atoms with Crippen LogP contribution in [0.1, 0.15) is 25.7 Å². The molecule has 2 atom stereocenters. The predicted molar refractivity (Wildman–Crippen MR) is 82.8 cm³/mol. The largest absolute Gasteiger partial charge is 0.490 e. The van der Waals surface area contributed by atoms with E-state index in [0.717, 1.165) is 50.5 Å². The van der Waals surface area contributed by atoms with Gasteiger partial charge in [-0.2, -0.15) is 0 Å². The maximum Gasteiger partial charge on any atom is 0.139 e. The lowest BCUT2D eigenvalue weighted by Gasteiger charge is -2.19. The van der Waals surface area contributed by atoms with Crippen molar-refractivity contribution in [2.75, 3.05) is 37.7 Å². The zero-order chi connectivity index (χ0) is 14.5. The highest BCUT2D eigenvalue weighted by molar-refractivity contribution is 5.49. The Bertz CT molecular complexity index is 449. The minimum Gasteiger partial charge on any atom is -0.490 e. The zero-order valence-electron chi connectivity index (χ0n) is 12.5. The van der Waals surface area contributed by atoms with Crippen LogP contribution in [0.2, 0.25) is 0 Å². The second-order valence-electron chi connectivity index (χ2n) is 6.10. The molecule has 5 heteroatoms. The summed E-state index contributed by atoms with van der Waals surface area (Å²) in [6, 6.07) is 2.57. The lowest BCUT2D eigenvalue weighted by atomic mass is 10.1. The van der Waals surface area contributed by atoms with Crippen LogP contribution in [0, 0.1) is 5.92 Å². The fraction of sp³-hybridized carbons (Fsp3) is 0.688. The van der Waals surface area contributed by atoms with Gasteiger partial charge in [0.25, 0.3) is 0 Å². The first kappa shape index (κ1) is 14.6. The number of pyridine rings is 1. The smallest absolute Gasteiger partial charge is 0.139 e. The minimum atomic E-state index is 0.286. The molecule has 0 unspecified atom stereocenters. The molecule has 5 nitrogen and oxygen atoms in total. The first-order valence-corrected chi connectivity index (χ1v) is 8.02. The van der Waals surface area contributed by atoms with Gasteiger partial charge in [0.1, 0.15) is 12.4 Å². The van der Waals surface area contributed by atoms with Gasteiger partial charge in [0, 0.05) is 31.8 Å². The number of aliphatic hydroxyl groups is 1. The minimum absolute atomic E-state index is 0.286. The van der Waals surface area contributed by atoms with Crippen molar-refractivity contribution in [1.29, 1.82) is 0 Å². The van der Waals surface area contributed by atoms with Crippen molar-refractivity contribution in [2.45, 2.75) is 31.7 Å². The third-order valence-corrected chi connectivity index (χ3v) is 4.50. The van der Waals surface area contributed by atoms with Gasteiger partial charge < -0.3 is 20.1 Å². The number of nitrogens with zero attached hydrogens (tertiary/aromatic N) is 2. The SMILES string of the molecule is OCC[C@@H]1CCN(c2cncc(OC[C@@H]3CCCN3)c2)C1. The molecule has 3 heterocycles. The average molecular weight is 291 g/mol. The maximum atomic E-state index is 9.04. The van der Waals surface area contributed by atoms with E-state index in [-0.39, 0.29) is 6.61 Å². The Morgan fingerprint density at radius 1 is 1.38 bits per heavy atom. The van der Waals surface area contributed by atoms with Crippen LogP contribution < -0.4 is 15.0 Å². The molecule has 0 bridgehead atoms. The van der Waals surface area contributed by atoms with Crippen LogP contribution in [0.25, 0.3) is 0 Å². The van der Waals surface area contributed by atoms with E-state index in [2.05, 4.69) is 21.3 Å². The van der Waals surface area contributed by atoms with Gasteiger partial charge in [-0.05, 0) is 38.1 Å². The van der Waals surface area contributed by atoms with Crippen molar-refractivity contribution in [3.05, 3.63) is 18.5 Å². The summed E-state index contributed by atoms with van der Waals surface area (Å²) < 4.78 is 5.87. The normalized spacial score (nSPS) is 25.5. The quantitative estimate of drug-likeness (QED) is 0.830. The topological polar surface area (TPSA) is 57.6 Å². The number of nitrogens with one attached hydrogen (secondary N) is 1. The molecule has 0 spiro atoms. The summed E-state index contributed by atoms with van der Waals surface area (Å²) in [4.78, 5) is 6.65. The summed E-state index contributed by atoms with van der Waals surface area (Å²) in [6.07, 6.45) is 8.18. The summed E-state index contributed by atoms with van der Waals surface area (Å²) in [6.45, 7) is 4.16. The highest BCUT2D eigenvalue weighted by atomic mass is 16.5. The van der Waals surface area contributed by atoms with Crippen molar-refractivity contribution >= 4 is 5.69 Å². The summed E-state index contributed by atoms with van der Waals surface area (Å²) in [7, 11) is 0. The Balaban J connectivity index is 1.55. The first-order chi connectivity index (χ1) is 10.3. The van der Waals surface area contributed by atoms with Crippen molar-refractivity contribution in [3.8, 4) is 5.75 Å². The van der Waals surface area contributed by atoms with Gasteiger partial charge in [-0.15, -0.1) is 0 Å². The van der Waals surface area contributed by atoms with E-state index in [4.69, 9.17) is 9.84 Å². The van der Waals surface area contributed by atoms with E-state index < -0.39 is 0 Å². The van der Waals surface area contributed by atoms with E-state index in [0.29, 0.717) is 12.0 Å². The Morgan fingerprint density at radius 2 is 2.33 bits per heavy atom. The van der Waals surface area contributed by atoms with Gasteiger partial charge >= 0.3 is 0 Å². The van der Waals surface area contributed by atoms with Gasteiger partial charge in [-0.25, -0.2) is 0 Å². The average Bonchev–Trinajstić information content (AvgIpc) is 3.17. The van der Waals surface area contributed by atoms with Crippen LogP contribution >= 0.6 is 0 Å². The van der Waals surface area contributed by atoms with Crippen molar-refractivity contribution in [2.24, 2.45) is 5.92 Å². The molecule has 2 saturated heterocycles. The molecule has 0 saturated carbocycles. The lowest BCUT2D eigenvalue weighted by molar-refractivity contribution is 0.263. The second kappa shape index (κ2) is 7.09. The van der Waals surface area contributed by atoms with E-state index in [1.807, 2.05) is 6.20 Å². The number of ether oxygens (including phenoxy) is 1. The van der Waals surface area contributed by atoms with Crippen LogP contribution in [0.4, 0.5) is 5.69 Å². The highest BCUT2D eigenvalue weighted by Gasteiger charge is 2.22. The van der Waals surface area contributed by atoms with Gasteiger partial charge in [0.05, 0.1) is 18.1 Å². The number of anilines is 1. The molecule has 2 N–H and O–H groups in total. The molecule has 0 aromatic carbocycles. The number of hydrogen-bond acceptors (Lipinski definition) is 5. The van der Waals surface area contributed by atoms with E-state index in [1.165, 1.54) is 12.8 Å². The third-order valence-electron chi connectivity index (χ3n) is 4.50. The zero-order valence-corrected chi connectivity index (χ0v) is 12.5. The highest BCUT2D eigenvalue weighted by Crippen LogP contribution is 2.27. The molecular formula is C16H25N3O2. The summed E-state index contributed by atoms with van der Waals surface area (Å²) in [5.74, 6) is 1.45. The molecule has 0 amide bonds. The van der Waals surface area contributed by atoms with Crippen molar-refractivity contribution in [1.82, 2.24) is 10.3 Å². The molecule has 1 aromatic rings. The van der Waals surface area contributed by atoms with Crippen LogP contribution in [0.3, 0.4) is 0 Å². The number of hydrogen-bond donors (Lipinski definition) is 2. The molecule has 116 valence electrons. The molecule has 2 aliphatic heterocycles. The second-order valence-corrected chi connectivity index (χ2v) is 6.10. The Morgan fingerprint density at radius 3 is 3.14 bits per heavy atom. The predicted octanol–water partition coefficient (Wildman–Crippen LogP) is 1.42. The fourth-order valence-electron chi connectivity index (χ4n) is 3.24. The molecule has 21 heavy (non-hydrogen) atoms. The molecule has 1 aromatic heterocycles.